The summed E-state index contributed by atoms with van der Waals surface area (Å²) in [4.78, 5) is 9.79. The molecule has 0 fully saturated rings. The third kappa shape index (κ3) is 4.45. The third-order valence-corrected chi connectivity index (χ3v) is 6.62. The summed E-state index contributed by atoms with van der Waals surface area (Å²) in [6.45, 7) is 2.29. The summed E-state index contributed by atoms with van der Waals surface area (Å²) in [5, 5.41) is 18.7. The summed E-state index contributed by atoms with van der Waals surface area (Å²) < 4.78 is 5.10. The minimum atomic E-state index is 0.525. The topological polar surface area (TPSA) is 85.8 Å². The van der Waals surface area contributed by atoms with Crippen molar-refractivity contribution in [2.75, 3.05) is 25.6 Å². The number of nitrogens with zero attached hydrogens (tertiary/aromatic N) is 2. The number of hydrogen-bond donors (Lipinski definition) is 3. The second-order valence-corrected chi connectivity index (χ2v) is 8.79. The third-order valence-electron chi connectivity index (χ3n) is 5.53. The number of aromatic amines is 1. The fourth-order valence-electron chi connectivity index (χ4n) is 3.87. The van der Waals surface area contributed by atoms with Gasteiger partial charge in [0.05, 0.1) is 17.9 Å². The average Bonchev–Trinajstić information content (AvgIpc) is 3.49. The molecular weight excluding hydrogens is 430 g/mol. The first-order valence-electron chi connectivity index (χ1n) is 10.7. The molecule has 3 aromatic heterocycles. The average molecular weight is 454 g/mol. The van der Waals surface area contributed by atoms with Crippen LogP contribution in [0.25, 0.3) is 31.6 Å². The highest BCUT2D eigenvalue weighted by molar-refractivity contribution is 7.22. The van der Waals surface area contributed by atoms with Gasteiger partial charge in [-0.25, -0.2) is 4.98 Å². The van der Waals surface area contributed by atoms with Gasteiger partial charge in [-0.2, -0.15) is 5.26 Å². The second kappa shape index (κ2) is 9.43. The molecule has 33 heavy (non-hydrogen) atoms. The fourth-order valence-corrected chi connectivity index (χ4v) is 4.87. The number of nitrogens with one attached hydrogen (secondary N) is 3. The number of anilines is 2. The predicted octanol–water partition coefficient (Wildman–Crippen LogP) is 5.80. The first kappa shape index (κ1) is 21.2. The highest BCUT2D eigenvalue weighted by Gasteiger charge is 2.14. The van der Waals surface area contributed by atoms with Gasteiger partial charge in [0, 0.05) is 59.4 Å². The van der Waals surface area contributed by atoms with Gasteiger partial charge in [0.2, 0.25) is 0 Å². The summed E-state index contributed by atoms with van der Waals surface area (Å²) in [5.74, 6) is 0. The Bertz CT molecular complexity index is 1460. The summed E-state index contributed by atoms with van der Waals surface area (Å²) in [5.41, 5.74) is 5.68. The van der Waals surface area contributed by atoms with E-state index in [0.29, 0.717) is 12.2 Å². The predicted molar refractivity (Wildman–Crippen MR) is 135 cm³/mol. The molecule has 2 aromatic carbocycles. The van der Waals surface area contributed by atoms with Crippen LogP contribution in [0.4, 0.5) is 11.4 Å². The van der Waals surface area contributed by atoms with Crippen LogP contribution in [0.3, 0.4) is 0 Å². The van der Waals surface area contributed by atoms with Crippen LogP contribution in [0.2, 0.25) is 0 Å². The molecule has 0 aliphatic rings. The maximum Gasteiger partial charge on any atom is 0.126 e. The van der Waals surface area contributed by atoms with Gasteiger partial charge >= 0.3 is 0 Å². The number of hydrogen-bond acceptors (Lipinski definition) is 6. The molecule has 0 radical (unpaired) electrons. The maximum absolute atomic E-state index is 9.73. The summed E-state index contributed by atoms with van der Waals surface area (Å²) >= 11 is 1.63. The van der Waals surface area contributed by atoms with Crippen molar-refractivity contribution in [3.63, 3.8) is 0 Å². The quantitative estimate of drug-likeness (QED) is 0.259. The smallest absolute Gasteiger partial charge is 0.126 e. The molecule has 164 valence electrons. The van der Waals surface area contributed by atoms with E-state index in [-0.39, 0.29) is 0 Å². The number of thiophene rings is 1. The Morgan fingerprint density at radius 2 is 2.09 bits per heavy atom. The van der Waals surface area contributed by atoms with E-state index in [0.717, 1.165) is 56.0 Å². The van der Waals surface area contributed by atoms with E-state index in [1.807, 2.05) is 24.4 Å². The maximum atomic E-state index is 9.73. The lowest BCUT2D eigenvalue weighted by Crippen LogP contribution is -2.18. The van der Waals surface area contributed by atoms with Crippen LogP contribution in [0, 0.1) is 11.3 Å². The molecule has 5 aromatic rings. The van der Waals surface area contributed by atoms with Crippen LogP contribution in [0.5, 0.6) is 0 Å². The lowest BCUT2D eigenvalue weighted by Gasteiger charge is -2.09. The van der Waals surface area contributed by atoms with Crippen LogP contribution in [0.1, 0.15) is 11.1 Å². The van der Waals surface area contributed by atoms with Gasteiger partial charge in [-0.15, -0.1) is 11.3 Å². The Hall–Kier alpha value is -3.70. The molecule has 0 spiro atoms. The number of ether oxygens (including phenoxy) is 1. The Labute approximate surface area is 195 Å². The highest BCUT2D eigenvalue weighted by Crippen LogP contribution is 2.38. The standard InChI is InChI=1S/C26H23N5OS/c1-32-10-9-28-15-17-3-2-4-19(11-17)24-13-22-25(20(14-27)16-30-26(22)33-24)31-21-5-6-23-18(12-21)7-8-29-23/h2-8,11-13,16,28-29H,9-10,15H2,1H3,(H,30,31). The molecule has 0 saturated carbocycles. The number of pyridine rings is 1. The van der Waals surface area contributed by atoms with Crippen LogP contribution >= 0.6 is 11.3 Å². The molecule has 5 rings (SSSR count). The van der Waals surface area contributed by atoms with Gasteiger partial charge in [-0.05, 0) is 47.5 Å². The van der Waals surface area contributed by atoms with Crippen LogP contribution < -0.4 is 10.6 Å². The molecule has 0 aliphatic heterocycles. The van der Waals surface area contributed by atoms with Gasteiger partial charge < -0.3 is 20.4 Å². The minimum Gasteiger partial charge on any atom is -0.383 e. The van der Waals surface area contributed by atoms with Gasteiger partial charge in [-0.1, -0.05) is 18.2 Å². The van der Waals surface area contributed by atoms with E-state index in [1.165, 1.54) is 5.56 Å². The highest BCUT2D eigenvalue weighted by atomic mass is 32.1. The molecule has 0 atom stereocenters. The minimum absolute atomic E-state index is 0.525. The van der Waals surface area contributed by atoms with Crippen molar-refractivity contribution in [1.29, 1.82) is 5.26 Å². The van der Waals surface area contributed by atoms with Crippen molar-refractivity contribution in [3.8, 4) is 16.5 Å². The molecule has 0 saturated heterocycles. The van der Waals surface area contributed by atoms with Gasteiger partial charge in [0.15, 0.2) is 0 Å². The van der Waals surface area contributed by atoms with E-state index < -0.39 is 0 Å². The second-order valence-electron chi connectivity index (χ2n) is 7.76. The number of fused-ring (bicyclic) bond motifs is 2. The zero-order chi connectivity index (χ0) is 22.6. The Balaban J connectivity index is 1.48. The Morgan fingerprint density at radius 3 is 2.97 bits per heavy atom. The van der Waals surface area contributed by atoms with Gasteiger partial charge in [0.1, 0.15) is 10.9 Å². The largest absolute Gasteiger partial charge is 0.383 e. The molecule has 6 nitrogen and oxygen atoms in total. The van der Waals surface area contributed by atoms with E-state index in [4.69, 9.17) is 4.74 Å². The monoisotopic (exact) mass is 453 g/mol. The summed E-state index contributed by atoms with van der Waals surface area (Å²) in [6.07, 6.45) is 3.57. The zero-order valence-corrected chi connectivity index (χ0v) is 19.0. The number of benzene rings is 2. The first-order chi connectivity index (χ1) is 16.2. The van der Waals surface area contributed by atoms with E-state index in [2.05, 4.69) is 63.1 Å². The molecule has 7 heteroatoms. The van der Waals surface area contributed by atoms with Crippen molar-refractivity contribution in [3.05, 3.63) is 78.1 Å². The van der Waals surface area contributed by atoms with E-state index >= 15 is 0 Å². The molecule has 0 unspecified atom stereocenters. The Kier molecular flexibility index (Phi) is 6.05. The number of nitriles is 1. The zero-order valence-electron chi connectivity index (χ0n) is 18.2. The number of methoxy groups -OCH3 is 1. The normalized spacial score (nSPS) is 11.2. The molecule has 0 aliphatic carbocycles. The van der Waals surface area contributed by atoms with Crippen molar-refractivity contribution < 1.29 is 4.74 Å². The molecule has 0 amide bonds. The van der Waals surface area contributed by atoms with Gasteiger partial charge in [0.25, 0.3) is 0 Å². The molecule has 0 bridgehead atoms. The lowest BCUT2D eigenvalue weighted by molar-refractivity contribution is 0.199. The van der Waals surface area contributed by atoms with Crippen LogP contribution in [0.15, 0.2) is 67.0 Å². The molecular formula is C26H23N5OS. The number of rotatable bonds is 8. The lowest BCUT2D eigenvalue weighted by atomic mass is 10.1. The van der Waals surface area contributed by atoms with E-state index in [9.17, 15) is 5.26 Å². The van der Waals surface area contributed by atoms with Gasteiger partial charge in [-0.3, -0.25) is 0 Å². The first-order valence-corrected chi connectivity index (χ1v) is 11.5. The Morgan fingerprint density at radius 1 is 1.15 bits per heavy atom. The fraction of sp³-hybridized carbons (Fsp3) is 0.154. The number of H-pyrrole nitrogens is 1. The number of aromatic nitrogens is 2. The summed E-state index contributed by atoms with van der Waals surface area (Å²) in [7, 11) is 1.71. The van der Waals surface area contributed by atoms with Crippen molar-refractivity contribution in [2.45, 2.75) is 6.54 Å². The molecule has 3 N–H and O–H groups in total. The SMILES string of the molecule is COCCNCc1cccc(-c2cc3c(Nc4ccc5[nH]ccc5c4)c(C#N)cnc3s2)c1. The van der Waals surface area contributed by atoms with E-state index in [1.54, 1.807) is 24.6 Å². The van der Waals surface area contributed by atoms with Crippen LogP contribution in [-0.4, -0.2) is 30.2 Å². The van der Waals surface area contributed by atoms with Crippen molar-refractivity contribution in [2.24, 2.45) is 0 Å². The van der Waals surface area contributed by atoms with Crippen molar-refractivity contribution >= 4 is 43.8 Å². The summed E-state index contributed by atoms with van der Waals surface area (Å²) in [6, 6.07) is 21.1. The molecule has 3 heterocycles. The van der Waals surface area contributed by atoms with Crippen molar-refractivity contribution in [1.82, 2.24) is 15.3 Å². The van der Waals surface area contributed by atoms with Crippen LogP contribution in [-0.2, 0) is 11.3 Å².